The van der Waals surface area contributed by atoms with Crippen molar-refractivity contribution in [2.45, 2.75) is 24.2 Å². The molecule has 5 heteroatoms. The molecule has 0 saturated heterocycles. The first-order valence-electron chi connectivity index (χ1n) is 5.38. The van der Waals surface area contributed by atoms with Gasteiger partial charge in [0.15, 0.2) is 4.34 Å². The fourth-order valence-electron chi connectivity index (χ4n) is 1.64. The van der Waals surface area contributed by atoms with Crippen LogP contribution in [0.4, 0.5) is 0 Å². The highest BCUT2D eigenvalue weighted by Crippen LogP contribution is 2.26. The second kappa shape index (κ2) is 5.62. The van der Waals surface area contributed by atoms with Crippen molar-refractivity contribution >= 4 is 23.1 Å². The van der Waals surface area contributed by atoms with Gasteiger partial charge < -0.3 is 5.73 Å². The molecule has 1 atom stereocenters. The Morgan fingerprint density at radius 3 is 2.94 bits per heavy atom. The molecule has 0 radical (unpaired) electrons. The van der Waals surface area contributed by atoms with Gasteiger partial charge in [-0.2, -0.15) is 0 Å². The van der Waals surface area contributed by atoms with Gasteiger partial charge >= 0.3 is 0 Å². The molecule has 2 rings (SSSR count). The number of hydrogen-bond donors (Lipinski definition) is 1. The summed E-state index contributed by atoms with van der Waals surface area (Å²) < 4.78 is 0.978. The Bertz CT molecular complexity index is 483. The van der Waals surface area contributed by atoms with Crippen LogP contribution in [0.3, 0.4) is 0 Å². The van der Waals surface area contributed by atoms with Gasteiger partial charge in [-0.3, -0.25) is 0 Å². The summed E-state index contributed by atoms with van der Waals surface area (Å²) in [5, 5.41) is 7.81. The van der Waals surface area contributed by atoms with Gasteiger partial charge in [-0.25, -0.2) is 0 Å². The molecule has 0 amide bonds. The Hall–Kier alpha value is -0.910. The summed E-state index contributed by atoms with van der Waals surface area (Å²) in [4.78, 5) is 0. The Morgan fingerprint density at radius 1 is 1.41 bits per heavy atom. The van der Waals surface area contributed by atoms with Crippen molar-refractivity contribution in [3.05, 3.63) is 40.4 Å². The maximum atomic E-state index is 6.22. The lowest BCUT2D eigenvalue weighted by atomic mass is 10.0. The number of aryl methyl sites for hydroxylation is 2. The second-order valence-corrected chi connectivity index (χ2v) is 6.08. The molecule has 0 aliphatic rings. The molecular weight excluding hydrogens is 250 g/mol. The third-order valence-corrected chi connectivity index (χ3v) is 4.54. The summed E-state index contributed by atoms with van der Waals surface area (Å²) >= 11 is 3.22. The van der Waals surface area contributed by atoms with Crippen LogP contribution in [0.1, 0.15) is 22.7 Å². The van der Waals surface area contributed by atoms with Crippen molar-refractivity contribution in [3.8, 4) is 0 Å². The first kappa shape index (κ1) is 12.5. The highest BCUT2D eigenvalue weighted by Gasteiger charge is 2.10. The summed E-state index contributed by atoms with van der Waals surface area (Å²) in [6.45, 7) is 4.19. The quantitative estimate of drug-likeness (QED) is 0.864. The minimum atomic E-state index is 0.0452. The standard InChI is InChI=1S/C12H15N3S2/c1-8-3-4-9(2)10(5-8)11(13)6-16-12-15-14-7-17-12/h3-5,7,11H,6,13H2,1-2H3. The summed E-state index contributed by atoms with van der Waals surface area (Å²) in [5.74, 6) is 0.833. The van der Waals surface area contributed by atoms with Gasteiger partial charge in [0.05, 0.1) is 0 Å². The average Bonchev–Trinajstić information content (AvgIpc) is 2.82. The van der Waals surface area contributed by atoms with Crippen LogP contribution < -0.4 is 5.73 Å². The SMILES string of the molecule is Cc1ccc(C)c(C(N)CSc2nncs2)c1. The van der Waals surface area contributed by atoms with Crippen LogP contribution in [-0.4, -0.2) is 16.0 Å². The largest absolute Gasteiger partial charge is 0.323 e. The van der Waals surface area contributed by atoms with Gasteiger partial charge in [0, 0.05) is 11.8 Å². The van der Waals surface area contributed by atoms with E-state index in [1.54, 1.807) is 28.6 Å². The Morgan fingerprint density at radius 2 is 2.24 bits per heavy atom. The van der Waals surface area contributed by atoms with Crippen LogP contribution in [0, 0.1) is 13.8 Å². The summed E-state index contributed by atoms with van der Waals surface area (Å²) in [6, 6.07) is 6.45. The van der Waals surface area contributed by atoms with Gasteiger partial charge in [-0.1, -0.05) is 46.9 Å². The Kier molecular flexibility index (Phi) is 4.15. The number of rotatable bonds is 4. The van der Waals surface area contributed by atoms with Crippen LogP contribution in [0.5, 0.6) is 0 Å². The highest BCUT2D eigenvalue weighted by molar-refractivity contribution is 8.01. The van der Waals surface area contributed by atoms with E-state index in [0.717, 1.165) is 10.1 Å². The van der Waals surface area contributed by atoms with Crippen molar-refractivity contribution in [3.63, 3.8) is 0 Å². The molecule has 90 valence electrons. The second-order valence-electron chi connectivity index (χ2n) is 3.98. The fourth-order valence-corrected chi connectivity index (χ4v) is 3.13. The average molecular weight is 265 g/mol. The lowest BCUT2D eigenvalue weighted by Crippen LogP contribution is -2.14. The molecule has 1 aromatic carbocycles. The minimum absolute atomic E-state index is 0.0452. The van der Waals surface area contributed by atoms with Crippen molar-refractivity contribution in [2.75, 3.05) is 5.75 Å². The third kappa shape index (κ3) is 3.28. The number of aromatic nitrogens is 2. The van der Waals surface area contributed by atoms with E-state index in [1.165, 1.54) is 16.7 Å². The molecular formula is C12H15N3S2. The molecule has 0 aliphatic heterocycles. The van der Waals surface area contributed by atoms with E-state index in [2.05, 4.69) is 42.2 Å². The van der Waals surface area contributed by atoms with Gasteiger partial charge in [0.25, 0.3) is 0 Å². The molecule has 0 fully saturated rings. The maximum Gasteiger partial charge on any atom is 0.174 e. The monoisotopic (exact) mass is 265 g/mol. The predicted molar refractivity (Wildman–Crippen MR) is 73.5 cm³/mol. The van der Waals surface area contributed by atoms with Crippen LogP contribution in [0.2, 0.25) is 0 Å². The zero-order valence-electron chi connectivity index (χ0n) is 9.88. The van der Waals surface area contributed by atoms with Gasteiger partial charge in [-0.05, 0) is 25.0 Å². The number of hydrogen-bond acceptors (Lipinski definition) is 5. The molecule has 0 aliphatic carbocycles. The molecule has 1 aromatic heterocycles. The van der Waals surface area contributed by atoms with Gasteiger partial charge in [0.2, 0.25) is 0 Å². The van der Waals surface area contributed by atoms with E-state index in [0.29, 0.717) is 0 Å². The lowest BCUT2D eigenvalue weighted by Gasteiger charge is -2.14. The fraction of sp³-hybridized carbons (Fsp3) is 0.333. The van der Waals surface area contributed by atoms with E-state index in [-0.39, 0.29) is 6.04 Å². The van der Waals surface area contributed by atoms with E-state index >= 15 is 0 Å². The molecule has 2 aromatic rings. The van der Waals surface area contributed by atoms with E-state index in [1.807, 2.05) is 0 Å². The molecule has 3 nitrogen and oxygen atoms in total. The smallest absolute Gasteiger partial charge is 0.174 e. The molecule has 0 spiro atoms. The Labute approximate surface area is 109 Å². The van der Waals surface area contributed by atoms with Crippen LogP contribution in [-0.2, 0) is 0 Å². The molecule has 1 heterocycles. The van der Waals surface area contributed by atoms with Gasteiger partial charge in [0.1, 0.15) is 5.51 Å². The topological polar surface area (TPSA) is 51.8 Å². The van der Waals surface area contributed by atoms with Crippen LogP contribution in [0.15, 0.2) is 28.0 Å². The number of benzene rings is 1. The van der Waals surface area contributed by atoms with Gasteiger partial charge in [-0.15, -0.1) is 10.2 Å². The van der Waals surface area contributed by atoms with E-state index in [4.69, 9.17) is 5.73 Å². The first-order valence-corrected chi connectivity index (χ1v) is 7.25. The van der Waals surface area contributed by atoms with Crippen LogP contribution >= 0.6 is 23.1 Å². The molecule has 0 bridgehead atoms. The normalized spacial score (nSPS) is 12.6. The van der Waals surface area contributed by atoms with E-state index in [9.17, 15) is 0 Å². The number of nitrogens with zero attached hydrogens (tertiary/aromatic N) is 2. The number of nitrogens with two attached hydrogens (primary N) is 1. The zero-order chi connectivity index (χ0) is 12.3. The number of thioether (sulfide) groups is 1. The third-order valence-electron chi connectivity index (χ3n) is 2.56. The molecule has 2 N–H and O–H groups in total. The summed E-state index contributed by atoms with van der Waals surface area (Å²) in [7, 11) is 0. The van der Waals surface area contributed by atoms with Crippen molar-refractivity contribution in [1.82, 2.24) is 10.2 Å². The zero-order valence-corrected chi connectivity index (χ0v) is 11.5. The van der Waals surface area contributed by atoms with E-state index < -0.39 is 0 Å². The lowest BCUT2D eigenvalue weighted by molar-refractivity contribution is 0.820. The molecule has 1 unspecified atom stereocenters. The van der Waals surface area contributed by atoms with Crippen molar-refractivity contribution in [1.29, 1.82) is 0 Å². The minimum Gasteiger partial charge on any atom is -0.323 e. The molecule has 0 saturated carbocycles. The predicted octanol–water partition coefficient (Wildman–Crippen LogP) is 2.95. The maximum absolute atomic E-state index is 6.22. The Balaban J connectivity index is 2.04. The first-order chi connectivity index (χ1) is 8.16. The summed E-state index contributed by atoms with van der Waals surface area (Å²) in [6.07, 6.45) is 0. The van der Waals surface area contributed by atoms with Crippen molar-refractivity contribution in [2.24, 2.45) is 5.73 Å². The molecule has 17 heavy (non-hydrogen) atoms. The highest BCUT2D eigenvalue weighted by atomic mass is 32.2. The summed E-state index contributed by atoms with van der Waals surface area (Å²) in [5.41, 5.74) is 11.7. The van der Waals surface area contributed by atoms with Crippen molar-refractivity contribution < 1.29 is 0 Å². The van der Waals surface area contributed by atoms with Crippen LogP contribution in [0.25, 0.3) is 0 Å².